The van der Waals surface area contributed by atoms with Gasteiger partial charge in [-0.05, 0) is 29.7 Å². The Morgan fingerprint density at radius 2 is 1.63 bits per heavy atom. The molecular formula is C23H29N3O3S. The van der Waals surface area contributed by atoms with E-state index in [2.05, 4.69) is 24.0 Å². The molecule has 0 N–H and O–H groups in total. The molecule has 0 aliphatic carbocycles. The average molecular weight is 428 g/mol. The van der Waals surface area contributed by atoms with Crippen LogP contribution in [0, 0.1) is 6.92 Å². The van der Waals surface area contributed by atoms with Crippen LogP contribution in [-0.2, 0) is 21.4 Å². The van der Waals surface area contributed by atoms with E-state index in [9.17, 15) is 13.2 Å². The zero-order valence-corrected chi connectivity index (χ0v) is 18.4. The first-order valence-corrected chi connectivity index (χ1v) is 11.6. The fourth-order valence-corrected chi connectivity index (χ4v) is 4.22. The van der Waals surface area contributed by atoms with Crippen LogP contribution in [0.4, 0.5) is 0 Å². The second-order valence-corrected chi connectivity index (χ2v) is 9.52. The van der Waals surface area contributed by atoms with E-state index in [0.29, 0.717) is 13.1 Å². The van der Waals surface area contributed by atoms with Crippen LogP contribution in [-0.4, -0.2) is 68.2 Å². The van der Waals surface area contributed by atoms with E-state index >= 15 is 0 Å². The van der Waals surface area contributed by atoms with Gasteiger partial charge in [-0.1, -0.05) is 54.6 Å². The number of hydrogen-bond donors (Lipinski definition) is 0. The molecule has 2 aromatic carbocycles. The number of likely N-dealkylation sites (N-methyl/N-ethyl adjacent to an activating group) is 1. The lowest BCUT2D eigenvalue weighted by atomic mass is 10.1. The van der Waals surface area contributed by atoms with Crippen molar-refractivity contribution in [3.05, 3.63) is 76.7 Å². The predicted octanol–water partition coefficient (Wildman–Crippen LogP) is 2.57. The van der Waals surface area contributed by atoms with Gasteiger partial charge in [-0.25, -0.2) is 8.42 Å². The van der Waals surface area contributed by atoms with Crippen molar-refractivity contribution >= 4 is 22.0 Å². The summed E-state index contributed by atoms with van der Waals surface area (Å²) >= 11 is 0. The van der Waals surface area contributed by atoms with Crippen LogP contribution in [0.3, 0.4) is 0 Å². The van der Waals surface area contributed by atoms with Gasteiger partial charge in [0.1, 0.15) is 0 Å². The Balaban J connectivity index is 1.50. The lowest BCUT2D eigenvalue weighted by Gasteiger charge is -2.35. The summed E-state index contributed by atoms with van der Waals surface area (Å²) < 4.78 is 26.0. The molecule has 1 saturated heterocycles. The Hall–Kier alpha value is -2.48. The first-order chi connectivity index (χ1) is 14.3. The van der Waals surface area contributed by atoms with Gasteiger partial charge < -0.3 is 4.90 Å². The third-order valence-electron chi connectivity index (χ3n) is 5.40. The molecule has 2 aromatic rings. The van der Waals surface area contributed by atoms with Crippen molar-refractivity contribution in [2.24, 2.45) is 0 Å². The summed E-state index contributed by atoms with van der Waals surface area (Å²) in [6, 6.07) is 17.5. The molecule has 1 aliphatic heterocycles. The molecule has 1 fully saturated rings. The minimum atomic E-state index is -3.65. The fraction of sp³-hybridized carbons (Fsp3) is 0.348. The summed E-state index contributed by atoms with van der Waals surface area (Å²) in [5.41, 5.74) is 3.37. The summed E-state index contributed by atoms with van der Waals surface area (Å²) in [6.07, 6.45) is 1.54. The summed E-state index contributed by atoms with van der Waals surface area (Å²) in [5, 5.41) is 1.15. The van der Waals surface area contributed by atoms with E-state index in [1.54, 1.807) is 11.0 Å². The number of rotatable bonds is 7. The largest absolute Gasteiger partial charge is 0.339 e. The van der Waals surface area contributed by atoms with Crippen LogP contribution in [0.25, 0.3) is 6.08 Å². The highest BCUT2D eigenvalue weighted by Gasteiger charge is 2.25. The van der Waals surface area contributed by atoms with E-state index in [4.69, 9.17) is 0 Å². The summed E-state index contributed by atoms with van der Waals surface area (Å²) in [7, 11) is -2.21. The number of sulfonamides is 1. The number of amides is 1. The van der Waals surface area contributed by atoms with E-state index in [-0.39, 0.29) is 12.5 Å². The van der Waals surface area contributed by atoms with Crippen LogP contribution >= 0.6 is 0 Å². The van der Waals surface area contributed by atoms with Gasteiger partial charge in [-0.15, -0.1) is 0 Å². The Kier molecular flexibility index (Phi) is 7.42. The maximum Gasteiger partial charge on any atom is 0.237 e. The van der Waals surface area contributed by atoms with Crippen LogP contribution in [0.2, 0.25) is 0 Å². The molecule has 0 radical (unpaired) electrons. The third kappa shape index (κ3) is 6.01. The molecule has 0 atom stereocenters. The number of aryl methyl sites for hydroxylation is 1. The fourth-order valence-electron chi connectivity index (χ4n) is 3.40. The van der Waals surface area contributed by atoms with Crippen molar-refractivity contribution in [1.29, 1.82) is 0 Å². The van der Waals surface area contributed by atoms with Gasteiger partial charge in [0.25, 0.3) is 0 Å². The minimum Gasteiger partial charge on any atom is -0.339 e. The van der Waals surface area contributed by atoms with Gasteiger partial charge in [0.15, 0.2) is 0 Å². The number of piperazine rings is 1. The van der Waals surface area contributed by atoms with Crippen molar-refractivity contribution < 1.29 is 13.2 Å². The maximum atomic E-state index is 12.6. The Morgan fingerprint density at radius 3 is 2.30 bits per heavy atom. The highest BCUT2D eigenvalue weighted by molar-refractivity contribution is 7.92. The Labute approximate surface area is 179 Å². The van der Waals surface area contributed by atoms with Gasteiger partial charge in [-0.2, -0.15) is 4.31 Å². The topological polar surface area (TPSA) is 60.9 Å². The maximum absolute atomic E-state index is 12.6. The molecule has 0 aromatic heterocycles. The van der Waals surface area contributed by atoms with E-state index in [1.165, 1.54) is 18.2 Å². The molecule has 0 unspecified atom stereocenters. The minimum absolute atomic E-state index is 0.154. The molecule has 1 amide bonds. The smallest absolute Gasteiger partial charge is 0.237 e. The molecule has 1 aliphatic rings. The summed E-state index contributed by atoms with van der Waals surface area (Å²) in [4.78, 5) is 16.7. The van der Waals surface area contributed by atoms with E-state index < -0.39 is 10.0 Å². The monoisotopic (exact) mass is 427 g/mol. The van der Waals surface area contributed by atoms with Gasteiger partial charge in [-0.3, -0.25) is 9.69 Å². The molecule has 30 heavy (non-hydrogen) atoms. The number of carbonyl (C=O) groups is 1. The van der Waals surface area contributed by atoms with E-state index in [1.807, 2.05) is 42.5 Å². The van der Waals surface area contributed by atoms with Crippen LogP contribution in [0.5, 0.6) is 0 Å². The normalized spacial score (nSPS) is 15.8. The summed E-state index contributed by atoms with van der Waals surface area (Å²) in [6.45, 7) is 5.61. The number of nitrogens with zero attached hydrogens (tertiary/aromatic N) is 3. The molecule has 0 spiro atoms. The lowest BCUT2D eigenvalue weighted by Crippen LogP contribution is -2.50. The average Bonchev–Trinajstić information content (AvgIpc) is 2.75. The second-order valence-electron chi connectivity index (χ2n) is 7.60. The van der Waals surface area contributed by atoms with Crippen molar-refractivity contribution in [3.8, 4) is 0 Å². The second kappa shape index (κ2) is 10.0. The summed E-state index contributed by atoms with van der Waals surface area (Å²) in [5.74, 6) is -0.162. The molecule has 0 bridgehead atoms. The van der Waals surface area contributed by atoms with Crippen molar-refractivity contribution in [1.82, 2.24) is 14.1 Å². The molecule has 1 heterocycles. The molecule has 0 saturated carbocycles. The van der Waals surface area contributed by atoms with Gasteiger partial charge in [0.05, 0.1) is 6.54 Å². The highest BCUT2D eigenvalue weighted by atomic mass is 32.2. The molecule has 160 valence electrons. The van der Waals surface area contributed by atoms with E-state index in [0.717, 1.165) is 34.9 Å². The van der Waals surface area contributed by atoms with Gasteiger partial charge >= 0.3 is 0 Å². The Bertz CT molecular complexity index is 982. The number of hydrogen-bond acceptors (Lipinski definition) is 4. The first-order valence-electron chi connectivity index (χ1n) is 10.1. The quantitative estimate of drug-likeness (QED) is 0.681. The number of benzene rings is 2. The first kappa shape index (κ1) is 22.2. The molecule has 3 rings (SSSR count). The Morgan fingerprint density at radius 1 is 1.00 bits per heavy atom. The number of carbonyl (C=O) groups excluding carboxylic acids is 1. The van der Waals surface area contributed by atoms with Crippen LogP contribution in [0.15, 0.2) is 60.0 Å². The lowest BCUT2D eigenvalue weighted by molar-refractivity contribution is -0.133. The van der Waals surface area contributed by atoms with Crippen LogP contribution in [0.1, 0.15) is 16.7 Å². The van der Waals surface area contributed by atoms with Gasteiger partial charge in [0.2, 0.25) is 15.9 Å². The van der Waals surface area contributed by atoms with Crippen LogP contribution < -0.4 is 0 Å². The van der Waals surface area contributed by atoms with Crippen molar-refractivity contribution in [3.63, 3.8) is 0 Å². The zero-order chi connectivity index (χ0) is 21.6. The molecule has 6 nitrogen and oxygen atoms in total. The van der Waals surface area contributed by atoms with Gasteiger partial charge in [0, 0.05) is 45.2 Å². The standard InChI is InChI=1S/C23H29N3O3S/c1-20-8-6-7-11-22(20)18-25-13-15-26(16-14-25)23(27)19-24(2)30(28,29)17-12-21-9-4-3-5-10-21/h3-12,17H,13-16,18-19H2,1-2H3/b17-12+. The zero-order valence-electron chi connectivity index (χ0n) is 17.6. The third-order valence-corrected chi connectivity index (χ3v) is 6.88. The molecular weight excluding hydrogens is 398 g/mol. The van der Waals surface area contributed by atoms with Crippen molar-refractivity contribution in [2.45, 2.75) is 13.5 Å². The highest BCUT2D eigenvalue weighted by Crippen LogP contribution is 2.13. The predicted molar refractivity (Wildman–Crippen MR) is 120 cm³/mol. The van der Waals surface area contributed by atoms with Crippen molar-refractivity contribution in [2.75, 3.05) is 39.8 Å². The SMILES string of the molecule is Cc1ccccc1CN1CCN(C(=O)CN(C)S(=O)(=O)/C=C/c2ccccc2)CC1. The molecule has 7 heteroatoms.